The molecule has 0 radical (unpaired) electrons. The van der Waals surface area contributed by atoms with E-state index >= 15 is 0 Å². The second-order valence-corrected chi connectivity index (χ2v) is 10.6. The Morgan fingerprint density at radius 2 is 1.65 bits per heavy atom. The number of pyridine rings is 1. The lowest BCUT2D eigenvalue weighted by molar-refractivity contribution is -0.124. The third-order valence-corrected chi connectivity index (χ3v) is 7.93. The summed E-state index contributed by atoms with van der Waals surface area (Å²) in [4.78, 5) is 44.9. The summed E-state index contributed by atoms with van der Waals surface area (Å²) >= 11 is 0. The van der Waals surface area contributed by atoms with Gasteiger partial charge in [-0.25, -0.2) is 14.2 Å². The third-order valence-electron chi connectivity index (χ3n) is 7.93. The largest absolute Gasteiger partial charge is 0.489 e. The minimum absolute atomic E-state index is 0.120. The fourth-order valence-electron chi connectivity index (χ4n) is 5.78. The van der Waals surface area contributed by atoms with Gasteiger partial charge in [0, 0.05) is 28.6 Å². The van der Waals surface area contributed by atoms with Crippen LogP contribution in [-0.4, -0.2) is 34.3 Å². The zero-order valence-corrected chi connectivity index (χ0v) is 22.8. The van der Waals surface area contributed by atoms with Gasteiger partial charge in [0.25, 0.3) is 11.8 Å². The van der Waals surface area contributed by atoms with E-state index in [4.69, 9.17) is 9.72 Å². The lowest BCUT2D eigenvalue weighted by Crippen LogP contribution is -2.52. The van der Waals surface area contributed by atoms with Crippen LogP contribution in [0.3, 0.4) is 0 Å². The molecule has 0 spiro atoms. The topological polar surface area (TPSA) is 101 Å². The number of hydrogen-bond acceptors (Lipinski definition) is 5. The van der Waals surface area contributed by atoms with Gasteiger partial charge in [0.1, 0.15) is 18.2 Å². The van der Waals surface area contributed by atoms with Crippen molar-refractivity contribution in [3.05, 3.63) is 131 Å². The summed E-state index contributed by atoms with van der Waals surface area (Å²) in [5.74, 6) is -0.756. The van der Waals surface area contributed by atoms with Gasteiger partial charge in [-0.05, 0) is 53.6 Å². The molecule has 5 aromatic rings. The Morgan fingerprint density at radius 3 is 2.42 bits per heavy atom. The molecule has 2 aliphatic rings. The quantitative estimate of drug-likeness (QED) is 0.258. The highest BCUT2D eigenvalue weighted by Crippen LogP contribution is 2.33. The number of nitrogens with zero attached hydrogens (tertiary/aromatic N) is 2. The number of fused-ring (bicyclic) bond motifs is 2. The lowest BCUT2D eigenvalue weighted by atomic mass is 9.89. The zero-order valence-electron chi connectivity index (χ0n) is 22.8. The average molecular weight is 573 g/mol. The summed E-state index contributed by atoms with van der Waals surface area (Å²) in [6, 6.07) is 29.8. The normalized spacial score (nSPS) is 17.6. The Labute approximate surface area is 246 Å². The average Bonchev–Trinajstić information content (AvgIpc) is 3.49. The molecule has 7 rings (SSSR count). The van der Waals surface area contributed by atoms with Crippen LogP contribution in [0.15, 0.2) is 103 Å². The number of hydrogen-bond donors (Lipinski definition) is 2. The maximum absolute atomic E-state index is 13.6. The maximum atomic E-state index is 13.6. The number of ether oxygens (including phenoxy) is 1. The van der Waals surface area contributed by atoms with E-state index in [1.807, 2.05) is 66.7 Å². The van der Waals surface area contributed by atoms with E-state index in [0.29, 0.717) is 23.5 Å². The van der Waals surface area contributed by atoms with Crippen molar-refractivity contribution in [1.29, 1.82) is 0 Å². The van der Waals surface area contributed by atoms with Gasteiger partial charge in [-0.1, -0.05) is 60.7 Å². The van der Waals surface area contributed by atoms with E-state index < -0.39 is 23.3 Å². The molecular formula is C34H25FN4O4. The van der Waals surface area contributed by atoms with E-state index in [-0.39, 0.29) is 19.0 Å². The van der Waals surface area contributed by atoms with Crippen molar-refractivity contribution in [2.24, 2.45) is 0 Å². The van der Waals surface area contributed by atoms with Gasteiger partial charge in [0.05, 0.1) is 17.8 Å². The van der Waals surface area contributed by atoms with E-state index in [1.165, 1.54) is 29.2 Å². The second-order valence-electron chi connectivity index (χ2n) is 10.6. The predicted octanol–water partition coefficient (Wildman–Crippen LogP) is 5.31. The molecule has 1 unspecified atom stereocenters. The third kappa shape index (κ3) is 4.74. The van der Waals surface area contributed by atoms with Crippen LogP contribution in [0.1, 0.15) is 27.0 Å². The van der Waals surface area contributed by atoms with E-state index in [1.54, 1.807) is 12.1 Å². The molecule has 8 nitrogen and oxygen atoms in total. The molecule has 1 aromatic heterocycles. The summed E-state index contributed by atoms with van der Waals surface area (Å²) in [5.41, 5.74) is 3.79. The van der Waals surface area contributed by atoms with Crippen LogP contribution in [0.2, 0.25) is 0 Å². The Morgan fingerprint density at radius 1 is 0.884 bits per heavy atom. The Bertz CT molecular complexity index is 1910. The van der Waals surface area contributed by atoms with Gasteiger partial charge in [0.15, 0.2) is 5.54 Å². The zero-order chi connectivity index (χ0) is 29.6. The first-order chi connectivity index (χ1) is 20.9. The number of nitrogens with one attached hydrogen (secondary N) is 2. The van der Waals surface area contributed by atoms with E-state index in [0.717, 1.165) is 33.3 Å². The Kier molecular flexibility index (Phi) is 6.35. The van der Waals surface area contributed by atoms with Crippen LogP contribution in [0, 0.1) is 5.82 Å². The molecule has 1 atom stereocenters. The van der Waals surface area contributed by atoms with Gasteiger partial charge in [-0.3, -0.25) is 14.9 Å². The first kappa shape index (κ1) is 26.3. The first-order valence-electron chi connectivity index (χ1n) is 13.8. The number of carbonyl (C=O) groups is 3. The molecule has 2 N–H and O–H groups in total. The summed E-state index contributed by atoms with van der Waals surface area (Å²) in [7, 11) is 0. The SMILES string of the molecule is O=C1NC(=O)C(CN2Cc3cc(OCc4cc(-c5ccccc5)nc5ccccc45)ccc3C2=O)(c2ccc(F)cc2)N1. The number of urea groups is 1. The van der Waals surface area contributed by atoms with Crippen molar-refractivity contribution in [3.8, 4) is 17.0 Å². The van der Waals surface area contributed by atoms with Gasteiger partial charge in [-0.2, -0.15) is 0 Å². The number of aromatic nitrogens is 1. The minimum Gasteiger partial charge on any atom is -0.489 e. The van der Waals surface area contributed by atoms with E-state index in [9.17, 15) is 18.8 Å². The molecule has 3 heterocycles. The van der Waals surface area contributed by atoms with Crippen molar-refractivity contribution < 1.29 is 23.5 Å². The molecule has 1 fully saturated rings. The number of rotatable bonds is 7. The standard InChI is InChI=1S/C34H25FN4O4/c35-25-12-10-24(11-13-25)34(32(41)37-33(42)38-34)20-39-18-22-16-26(14-15-28(22)31(39)40)43-19-23-17-30(21-6-2-1-3-7-21)36-29-9-5-4-8-27(23)29/h1-17H,18-20H2,(H2,37,38,41,42). The molecule has 4 amide bonds. The number of para-hydroxylation sites is 1. The van der Waals surface area contributed by atoms with Crippen LogP contribution < -0.4 is 15.4 Å². The monoisotopic (exact) mass is 572 g/mol. The van der Waals surface area contributed by atoms with Crippen LogP contribution in [-0.2, 0) is 23.5 Å². The molecule has 4 aromatic carbocycles. The van der Waals surface area contributed by atoms with Crippen LogP contribution in [0.5, 0.6) is 5.75 Å². The summed E-state index contributed by atoms with van der Waals surface area (Å²) in [5, 5.41) is 5.91. The summed E-state index contributed by atoms with van der Waals surface area (Å²) in [6.07, 6.45) is 0. The molecule has 2 aliphatic heterocycles. The second kappa shape index (κ2) is 10.4. The molecule has 43 heavy (non-hydrogen) atoms. The molecule has 212 valence electrons. The van der Waals surface area contributed by atoms with Crippen LogP contribution in [0.4, 0.5) is 9.18 Å². The molecular weight excluding hydrogens is 547 g/mol. The Hall–Kier alpha value is -5.57. The number of imide groups is 1. The molecule has 9 heteroatoms. The molecule has 0 aliphatic carbocycles. The van der Waals surface area contributed by atoms with Crippen molar-refractivity contribution >= 4 is 28.7 Å². The van der Waals surface area contributed by atoms with Crippen molar-refractivity contribution in [2.45, 2.75) is 18.7 Å². The van der Waals surface area contributed by atoms with Crippen molar-refractivity contribution in [3.63, 3.8) is 0 Å². The summed E-state index contributed by atoms with van der Waals surface area (Å²) in [6.45, 7) is 0.387. The van der Waals surface area contributed by atoms with Gasteiger partial charge in [0.2, 0.25) is 0 Å². The highest BCUT2D eigenvalue weighted by Gasteiger charge is 2.50. The molecule has 0 saturated carbocycles. The highest BCUT2D eigenvalue weighted by molar-refractivity contribution is 6.08. The number of carbonyl (C=O) groups excluding carboxylic acids is 3. The Balaban J connectivity index is 1.13. The first-order valence-corrected chi connectivity index (χ1v) is 13.8. The van der Waals surface area contributed by atoms with E-state index in [2.05, 4.69) is 10.6 Å². The lowest BCUT2D eigenvalue weighted by Gasteiger charge is -2.31. The number of amides is 4. The number of benzene rings is 4. The fraction of sp³-hybridized carbons (Fsp3) is 0.118. The highest BCUT2D eigenvalue weighted by atomic mass is 19.1. The van der Waals surface area contributed by atoms with Crippen molar-refractivity contribution in [1.82, 2.24) is 20.5 Å². The number of halogens is 1. The smallest absolute Gasteiger partial charge is 0.322 e. The fourth-order valence-corrected chi connectivity index (χ4v) is 5.78. The molecule has 0 bridgehead atoms. The van der Waals surface area contributed by atoms with Crippen LogP contribution >= 0.6 is 0 Å². The van der Waals surface area contributed by atoms with Gasteiger partial charge < -0.3 is 15.0 Å². The molecule has 1 saturated heterocycles. The summed E-state index contributed by atoms with van der Waals surface area (Å²) < 4.78 is 19.9. The maximum Gasteiger partial charge on any atom is 0.322 e. The predicted molar refractivity (Wildman–Crippen MR) is 157 cm³/mol. The van der Waals surface area contributed by atoms with Gasteiger partial charge in [-0.15, -0.1) is 0 Å². The van der Waals surface area contributed by atoms with Crippen molar-refractivity contribution in [2.75, 3.05) is 6.54 Å². The van der Waals surface area contributed by atoms with Gasteiger partial charge >= 0.3 is 6.03 Å². The minimum atomic E-state index is -1.54. The van der Waals surface area contributed by atoms with Crippen LogP contribution in [0.25, 0.3) is 22.2 Å².